The Balaban J connectivity index is 1.84. The first-order valence-electron chi connectivity index (χ1n) is 10.4. The molecule has 0 radical (unpaired) electrons. The smallest absolute Gasteiger partial charge is 0.241 e. The van der Waals surface area contributed by atoms with E-state index in [4.69, 9.17) is 28.9 Å². The lowest BCUT2D eigenvalue weighted by molar-refractivity contribution is -0.134. The lowest BCUT2D eigenvalue weighted by Gasteiger charge is -2.34. The summed E-state index contributed by atoms with van der Waals surface area (Å²) in [5, 5.41) is 18.6. The maximum atomic E-state index is 13.3. The highest BCUT2D eigenvalue weighted by molar-refractivity contribution is 7.89. The molecule has 1 aliphatic rings. The van der Waals surface area contributed by atoms with E-state index in [1.165, 1.54) is 12.1 Å². The number of hydrogen-bond donors (Lipinski definition) is 3. The molecule has 178 valence electrons. The van der Waals surface area contributed by atoms with Crippen molar-refractivity contribution in [3.05, 3.63) is 46.2 Å². The predicted octanol–water partition coefficient (Wildman–Crippen LogP) is 2.22. The molecule has 0 aliphatic carbocycles. The number of piperidine rings is 1. The van der Waals surface area contributed by atoms with Gasteiger partial charge in [0.15, 0.2) is 0 Å². The highest BCUT2D eigenvalue weighted by atomic mass is 35.5. The summed E-state index contributed by atoms with van der Waals surface area (Å²) in [5.74, 6) is -0.241. The number of halogens is 2. The molecule has 0 bridgehead atoms. The zero-order valence-corrected chi connectivity index (χ0v) is 20.1. The molecule has 3 rings (SSSR count). The number of nitriles is 1. The van der Waals surface area contributed by atoms with Gasteiger partial charge in [-0.05, 0) is 49.4 Å². The molecule has 1 aliphatic heterocycles. The minimum absolute atomic E-state index is 0.0113. The predicted molar refractivity (Wildman–Crippen MR) is 125 cm³/mol. The van der Waals surface area contributed by atoms with E-state index in [1.54, 1.807) is 27.8 Å². The number of rotatable bonds is 8. The standard InChI is InChI=1S/C21H25Cl2N5O4S/c22-17-10-16(11-18(23)20(17)25)33(31,32)26-19(5-9-27-6-1-2-15(27)12-24)21(30)28-7-3-14(13-29)4-8-28/h1-2,6,10-11,14,19,26,29H,3-5,7-9,13,25H2. The number of aryl methyl sites for hydroxylation is 1. The van der Waals surface area contributed by atoms with Gasteiger partial charge >= 0.3 is 0 Å². The van der Waals surface area contributed by atoms with Gasteiger partial charge in [-0.25, -0.2) is 8.42 Å². The summed E-state index contributed by atoms with van der Waals surface area (Å²) in [4.78, 5) is 14.7. The third-order valence-corrected chi connectivity index (χ3v) is 7.82. The van der Waals surface area contributed by atoms with Crippen LogP contribution in [-0.2, 0) is 21.4 Å². The van der Waals surface area contributed by atoms with Gasteiger partial charge in [0, 0.05) is 32.4 Å². The molecule has 9 nitrogen and oxygen atoms in total. The monoisotopic (exact) mass is 513 g/mol. The largest absolute Gasteiger partial charge is 0.396 e. The molecule has 1 aromatic heterocycles. The summed E-state index contributed by atoms with van der Waals surface area (Å²) in [6.45, 7) is 1.16. The Bertz CT molecular complexity index is 1130. The lowest BCUT2D eigenvalue weighted by atomic mass is 9.97. The maximum Gasteiger partial charge on any atom is 0.241 e. The number of amides is 1. The van der Waals surface area contributed by atoms with Gasteiger partial charge in [-0.3, -0.25) is 4.79 Å². The van der Waals surface area contributed by atoms with Crippen molar-refractivity contribution < 1.29 is 18.3 Å². The molecular weight excluding hydrogens is 489 g/mol. The van der Waals surface area contributed by atoms with Gasteiger partial charge in [0.1, 0.15) is 17.8 Å². The number of aliphatic hydroxyl groups is 1. The quantitative estimate of drug-likeness (QED) is 0.462. The van der Waals surface area contributed by atoms with Crippen LogP contribution < -0.4 is 10.5 Å². The molecule has 1 amide bonds. The van der Waals surface area contributed by atoms with E-state index >= 15 is 0 Å². The van der Waals surface area contributed by atoms with E-state index in [9.17, 15) is 23.6 Å². The molecule has 12 heteroatoms. The van der Waals surface area contributed by atoms with E-state index in [0.717, 1.165) is 0 Å². The van der Waals surface area contributed by atoms with E-state index in [0.29, 0.717) is 31.6 Å². The van der Waals surface area contributed by atoms with Crippen molar-refractivity contribution in [2.45, 2.75) is 36.7 Å². The number of aliphatic hydroxyl groups excluding tert-OH is 1. The number of benzene rings is 1. The second-order valence-electron chi connectivity index (χ2n) is 7.91. The second-order valence-corrected chi connectivity index (χ2v) is 10.4. The molecule has 2 aromatic rings. The third kappa shape index (κ3) is 5.99. The Morgan fingerprint density at radius 2 is 1.94 bits per heavy atom. The summed E-state index contributed by atoms with van der Waals surface area (Å²) in [7, 11) is -4.16. The fourth-order valence-corrected chi connectivity index (χ4v) is 5.63. The summed E-state index contributed by atoms with van der Waals surface area (Å²) in [5.41, 5.74) is 6.18. The van der Waals surface area contributed by atoms with Crippen LogP contribution in [0.5, 0.6) is 0 Å². The number of aromatic nitrogens is 1. The summed E-state index contributed by atoms with van der Waals surface area (Å²) in [6.07, 6.45) is 3.10. The van der Waals surface area contributed by atoms with Gasteiger partial charge in [-0.1, -0.05) is 23.2 Å². The minimum atomic E-state index is -4.16. The number of carbonyl (C=O) groups excluding carboxylic acids is 1. The molecular formula is C21H25Cl2N5O4S. The molecule has 1 unspecified atom stereocenters. The Hall–Kier alpha value is -2.29. The fourth-order valence-electron chi connectivity index (χ4n) is 3.74. The Morgan fingerprint density at radius 1 is 1.30 bits per heavy atom. The second kappa shape index (κ2) is 10.8. The number of nitrogens with zero attached hydrogens (tertiary/aromatic N) is 3. The molecule has 4 N–H and O–H groups in total. The average molecular weight is 514 g/mol. The molecule has 2 heterocycles. The first-order chi connectivity index (χ1) is 15.7. The summed E-state index contributed by atoms with van der Waals surface area (Å²) >= 11 is 12.0. The maximum absolute atomic E-state index is 13.3. The van der Waals surface area contributed by atoms with E-state index in [1.807, 2.05) is 0 Å². The average Bonchev–Trinajstić information content (AvgIpc) is 3.27. The number of nitrogens with one attached hydrogen (secondary N) is 1. The van der Waals surface area contributed by atoms with Crippen molar-refractivity contribution in [2.24, 2.45) is 5.92 Å². The van der Waals surface area contributed by atoms with Crippen LogP contribution in [0.15, 0.2) is 35.4 Å². The van der Waals surface area contributed by atoms with Crippen molar-refractivity contribution in [3.8, 4) is 6.07 Å². The first-order valence-corrected chi connectivity index (χ1v) is 12.6. The Morgan fingerprint density at radius 3 is 2.52 bits per heavy atom. The van der Waals surface area contributed by atoms with Crippen LogP contribution in [0.4, 0.5) is 5.69 Å². The van der Waals surface area contributed by atoms with Gasteiger partial charge in [-0.2, -0.15) is 9.98 Å². The number of nitrogens with two attached hydrogens (primary N) is 1. The van der Waals surface area contributed by atoms with Gasteiger partial charge in [-0.15, -0.1) is 0 Å². The third-order valence-electron chi connectivity index (χ3n) is 5.75. The van der Waals surface area contributed by atoms with Crippen molar-refractivity contribution in [2.75, 3.05) is 25.4 Å². The minimum Gasteiger partial charge on any atom is -0.396 e. The number of carbonyl (C=O) groups is 1. The topological polar surface area (TPSA) is 141 Å². The van der Waals surface area contributed by atoms with Gasteiger partial charge in [0.25, 0.3) is 0 Å². The van der Waals surface area contributed by atoms with Crippen LogP contribution in [0.2, 0.25) is 10.0 Å². The zero-order valence-electron chi connectivity index (χ0n) is 17.7. The summed E-state index contributed by atoms with van der Waals surface area (Å²) < 4.78 is 30.3. The van der Waals surface area contributed by atoms with E-state index < -0.39 is 16.1 Å². The van der Waals surface area contributed by atoms with Crippen LogP contribution in [-0.4, -0.2) is 54.6 Å². The number of anilines is 1. The highest BCUT2D eigenvalue weighted by Crippen LogP contribution is 2.31. The van der Waals surface area contributed by atoms with Crippen LogP contribution in [0, 0.1) is 17.2 Å². The number of hydrogen-bond acceptors (Lipinski definition) is 6. The normalized spacial score (nSPS) is 15.9. The molecule has 0 saturated carbocycles. The number of sulfonamides is 1. The molecule has 1 atom stereocenters. The summed E-state index contributed by atoms with van der Waals surface area (Å²) in [6, 6.07) is 6.68. The van der Waals surface area contributed by atoms with Crippen LogP contribution in [0.1, 0.15) is 25.0 Å². The van der Waals surface area contributed by atoms with Crippen LogP contribution in [0.25, 0.3) is 0 Å². The van der Waals surface area contributed by atoms with E-state index in [-0.39, 0.29) is 52.0 Å². The molecule has 0 spiro atoms. The highest BCUT2D eigenvalue weighted by Gasteiger charge is 2.32. The van der Waals surface area contributed by atoms with Gasteiger partial charge < -0.3 is 20.3 Å². The van der Waals surface area contributed by atoms with Crippen molar-refractivity contribution in [3.63, 3.8) is 0 Å². The van der Waals surface area contributed by atoms with Crippen molar-refractivity contribution in [1.82, 2.24) is 14.2 Å². The van der Waals surface area contributed by atoms with Gasteiger partial charge in [0.2, 0.25) is 15.9 Å². The van der Waals surface area contributed by atoms with E-state index in [2.05, 4.69) is 10.8 Å². The van der Waals surface area contributed by atoms with Crippen molar-refractivity contribution in [1.29, 1.82) is 5.26 Å². The zero-order chi connectivity index (χ0) is 24.2. The molecule has 1 fully saturated rings. The number of nitrogen functional groups attached to an aromatic ring is 1. The van der Waals surface area contributed by atoms with Crippen molar-refractivity contribution >= 4 is 44.8 Å². The Kier molecular flexibility index (Phi) is 8.26. The first kappa shape index (κ1) is 25.3. The molecule has 1 saturated heterocycles. The molecule has 1 aromatic carbocycles. The van der Waals surface area contributed by atoms with Crippen LogP contribution in [0.3, 0.4) is 0 Å². The Labute approximate surface area is 202 Å². The SMILES string of the molecule is N#Cc1cccn1CCC(NS(=O)(=O)c1cc(Cl)c(N)c(Cl)c1)C(=O)N1CCC(CO)CC1. The van der Waals surface area contributed by atoms with Gasteiger partial charge in [0.05, 0.1) is 20.6 Å². The molecule has 33 heavy (non-hydrogen) atoms. The van der Waals surface area contributed by atoms with Crippen LogP contribution >= 0.6 is 23.2 Å². The number of likely N-dealkylation sites (tertiary alicyclic amines) is 1. The lowest BCUT2D eigenvalue weighted by Crippen LogP contribution is -2.51. The fraction of sp³-hybridized carbons (Fsp3) is 0.429.